The van der Waals surface area contributed by atoms with E-state index in [-0.39, 0.29) is 23.9 Å². The second kappa shape index (κ2) is 5.53. The maximum Gasteiger partial charge on any atom is 0.129 e. The molecule has 3 atom stereocenters. The highest BCUT2D eigenvalue weighted by molar-refractivity contribution is 6.30. The zero-order valence-electron chi connectivity index (χ0n) is 10.6. The number of nitrogens with one attached hydrogen (secondary N) is 2. The van der Waals surface area contributed by atoms with Gasteiger partial charge in [-0.2, -0.15) is 0 Å². The quantitative estimate of drug-likeness (QED) is 0.792. The van der Waals surface area contributed by atoms with Gasteiger partial charge in [-0.25, -0.2) is 15.2 Å². The molecule has 1 aliphatic heterocycles. The summed E-state index contributed by atoms with van der Waals surface area (Å²) in [6.07, 6.45) is 0.779. The van der Waals surface area contributed by atoms with Crippen molar-refractivity contribution in [2.45, 2.75) is 32.5 Å². The lowest BCUT2D eigenvalue weighted by atomic mass is 9.86. The first-order chi connectivity index (χ1) is 8.49. The molecule has 0 saturated carbocycles. The van der Waals surface area contributed by atoms with Gasteiger partial charge < -0.3 is 5.73 Å². The molecule has 0 radical (unpaired) electrons. The van der Waals surface area contributed by atoms with Crippen LogP contribution in [0.1, 0.15) is 31.9 Å². The number of halogens is 2. The van der Waals surface area contributed by atoms with E-state index in [9.17, 15) is 4.39 Å². The van der Waals surface area contributed by atoms with Gasteiger partial charge in [-0.3, -0.25) is 0 Å². The molecule has 1 aromatic carbocycles. The highest BCUT2D eigenvalue weighted by Gasteiger charge is 2.36. The molecule has 1 aliphatic rings. The summed E-state index contributed by atoms with van der Waals surface area (Å²) in [7, 11) is 0. The Kier molecular flexibility index (Phi) is 4.22. The Morgan fingerprint density at radius 2 is 2.11 bits per heavy atom. The van der Waals surface area contributed by atoms with Crippen molar-refractivity contribution in [3.05, 3.63) is 34.6 Å². The van der Waals surface area contributed by atoms with Crippen LogP contribution >= 0.6 is 11.6 Å². The van der Waals surface area contributed by atoms with Gasteiger partial charge in [-0.05, 0) is 24.5 Å². The van der Waals surface area contributed by atoms with Gasteiger partial charge in [0.2, 0.25) is 0 Å². The molecular formula is C13H19ClFN3. The molecule has 0 aliphatic carbocycles. The number of hydrazine groups is 1. The molecule has 100 valence electrons. The summed E-state index contributed by atoms with van der Waals surface area (Å²) in [6.45, 7) is 4.28. The lowest BCUT2D eigenvalue weighted by Crippen LogP contribution is -2.39. The van der Waals surface area contributed by atoms with Crippen LogP contribution in [-0.2, 0) is 0 Å². The van der Waals surface area contributed by atoms with Crippen molar-refractivity contribution in [3.8, 4) is 0 Å². The van der Waals surface area contributed by atoms with E-state index < -0.39 is 0 Å². The zero-order chi connectivity index (χ0) is 13.3. The molecular weight excluding hydrogens is 253 g/mol. The van der Waals surface area contributed by atoms with Gasteiger partial charge in [-0.15, -0.1) is 0 Å². The molecule has 3 nitrogen and oxygen atoms in total. The molecule has 1 aromatic rings. The van der Waals surface area contributed by atoms with E-state index in [1.54, 1.807) is 12.1 Å². The highest BCUT2D eigenvalue weighted by atomic mass is 35.5. The maximum absolute atomic E-state index is 13.9. The number of nitrogens with two attached hydrogens (primary N) is 1. The minimum atomic E-state index is -0.287. The third-order valence-electron chi connectivity index (χ3n) is 3.34. The summed E-state index contributed by atoms with van der Waals surface area (Å²) < 4.78 is 13.9. The molecule has 1 saturated heterocycles. The van der Waals surface area contributed by atoms with E-state index in [0.29, 0.717) is 16.5 Å². The minimum Gasteiger partial charge on any atom is -0.315 e. The first kappa shape index (κ1) is 13.7. The summed E-state index contributed by atoms with van der Waals surface area (Å²) >= 11 is 5.77. The molecule has 1 heterocycles. The molecule has 18 heavy (non-hydrogen) atoms. The van der Waals surface area contributed by atoms with Crippen LogP contribution in [0.4, 0.5) is 4.39 Å². The molecule has 0 bridgehead atoms. The fourth-order valence-corrected chi connectivity index (χ4v) is 2.66. The predicted octanol–water partition coefficient (Wildman–Crippen LogP) is 2.58. The van der Waals surface area contributed by atoms with E-state index in [1.165, 1.54) is 6.07 Å². The number of hydrogen-bond acceptors (Lipinski definition) is 3. The van der Waals surface area contributed by atoms with Crippen molar-refractivity contribution in [2.75, 3.05) is 0 Å². The Morgan fingerprint density at radius 3 is 2.72 bits per heavy atom. The average molecular weight is 272 g/mol. The van der Waals surface area contributed by atoms with Crippen LogP contribution in [0.5, 0.6) is 0 Å². The highest BCUT2D eigenvalue weighted by Crippen LogP contribution is 2.33. The van der Waals surface area contributed by atoms with Gasteiger partial charge >= 0.3 is 0 Å². The normalized spacial score (nSPS) is 28.0. The second-order valence-electron chi connectivity index (χ2n) is 5.25. The topological polar surface area (TPSA) is 50.1 Å². The van der Waals surface area contributed by atoms with Gasteiger partial charge in [0.05, 0.1) is 12.2 Å². The first-order valence-corrected chi connectivity index (χ1v) is 6.58. The second-order valence-corrected chi connectivity index (χ2v) is 5.69. The molecule has 4 N–H and O–H groups in total. The first-order valence-electron chi connectivity index (χ1n) is 6.20. The Hall–Kier alpha value is -0.680. The van der Waals surface area contributed by atoms with Crippen LogP contribution in [0.25, 0.3) is 0 Å². The van der Waals surface area contributed by atoms with E-state index in [2.05, 4.69) is 24.7 Å². The Morgan fingerprint density at radius 1 is 1.39 bits per heavy atom. The Bertz CT molecular complexity index is 425. The smallest absolute Gasteiger partial charge is 0.129 e. The third kappa shape index (κ3) is 2.83. The lowest BCUT2D eigenvalue weighted by molar-refractivity contribution is 0.339. The fraction of sp³-hybridized carbons (Fsp3) is 0.538. The van der Waals surface area contributed by atoms with Crippen LogP contribution < -0.4 is 16.6 Å². The van der Waals surface area contributed by atoms with Crippen LogP contribution in [-0.4, -0.2) is 6.17 Å². The van der Waals surface area contributed by atoms with E-state index in [1.807, 2.05) is 0 Å². The monoisotopic (exact) mass is 271 g/mol. The molecule has 0 amide bonds. The lowest BCUT2D eigenvalue weighted by Gasteiger charge is -2.23. The molecule has 0 spiro atoms. The molecule has 3 unspecified atom stereocenters. The molecule has 5 heteroatoms. The Labute approximate surface area is 112 Å². The third-order valence-corrected chi connectivity index (χ3v) is 3.57. The summed E-state index contributed by atoms with van der Waals surface area (Å²) in [4.78, 5) is 0. The zero-order valence-corrected chi connectivity index (χ0v) is 11.3. The Balaban J connectivity index is 2.25. The van der Waals surface area contributed by atoms with E-state index >= 15 is 0 Å². The molecule has 0 aromatic heterocycles. The van der Waals surface area contributed by atoms with Crippen LogP contribution in [0, 0.1) is 17.7 Å². The van der Waals surface area contributed by atoms with E-state index in [4.69, 9.17) is 17.3 Å². The minimum absolute atomic E-state index is 0.111. The molecule has 2 rings (SSSR count). The summed E-state index contributed by atoms with van der Waals surface area (Å²) in [6, 6.07) is 4.66. The van der Waals surface area contributed by atoms with Gasteiger partial charge in [0, 0.05) is 16.5 Å². The summed E-state index contributed by atoms with van der Waals surface area (Å²) in [5.41, 5.74) is 12.7. The largest absolute Gasteiger partial charge is 0.315 e. The number of hydrogen-bond donors (Lipinski definition) is 3. The number of benzene rings is 1. The SMILES string of the molecule is CC(C)CC1C(N)NNC1c1ccc(Cl)cc1F. The number of rotatable bonds is 3. The standard InChI is InChI=1S/C13H19ClFN3/c1-7(2)5-10-12(17-18-13(10)16)9-4-3-8(14)6-11(9)15/h3-4,6-7,10,12-13,17-18H,5,16H2,1-2H3. The van der Waals surface area contributed by atoms with Gasteiger partial charge in [-0.1, -0.05) is 31.5 Å². The van der Waals surface area contributed by atoms with Crippen LogP contribution in [0.3, 0.4) is 0 Å². The van der Waals surface area contributed by atoms with Crippen LogP contribution in [0.2, 0.25) is 5.02 Å². The summed E-state index contributed by atoms with van der Waals surface area (Å²) in [5.74, 6) is 0.394. The van der Waals surface area contributed by atoms with Crippen molar-refractivity contribution >= 4 is 11.6 Å². The van der Waals surface area contributed by atoms with Gasteiger partial charge in [0.25, 0.3) is 0 Å². The maximum atomic E-state index is 13.9. The average Bonchev–Trinajstić information content (AvgIpc) is 2.60. The molecule has 1 fully saturated rings. The van der Waals surface area contributed by atoms with Crippen molar-refractivity contribution < 1.29 is 4.39 Å². The van der Waals surface area contributed by atoms with Gasteiger partial charge in [0.15, 0.2) is 0 Å². The van der Waals surface area contributed by atoms with Crippen LogP contribution in [0.15, 0.2) is 18.2 Å². The van der Waals surface area contributed by atoms with Gasteiger partial charge in [0.1, 0.15) is 5.82 Å². The van der Waals surface area contributed by atoms with E-state index in [0.717, 1.165) is 6.42 Å². The van der Waals surface area contributed by atoms with Crippen molar-refractivity contribution in [1.82, 2.24) is 10.9 Å². The summed E-state index contributed by atoms with van der Waals surface area (Å²) in [5, 5.41) is 0.409. The van der Waals surface area contributed by atoms with Crippen molar-refractivity contribution in [1.29, 1.82) is 0 Å². The fourth-order valence-electron chi connectivity index (χ4n) is 2.50. The van der Waals surface area contributed by atoms with Crippen molar-refractivity contribution in [2.24, 2.45) is 17.6 Å². The predicted molar refractivity (Wildman–Crippen MR) is 71.3 cm³/mol. The van der Waals surface area contributed by atoms with Crippen molar-refractivity contribution in [3.63, 3.8) is 0 Å².